The first-order chi connectivity index (χ1) is 12.7. The molecule has 0 radical (unpaired) electrons. The van der Waals surface area contributed by atoms with Gasteiger partial charge in [-0.25, -0.2) is 4.79 Å². The minimum absolute atomic E-state index is 0.143. The van der Waals surface area contributed by atoms with Crippen molar-refractivity contribution in [3.63, 3.8) is 0 Å². The number of carbonyl (C=O) groups excluding carboxylic acids is 3. The first-order valence-electron chi connectivity index (χ1n) is 7.72. The molecule has 0 heterocycles. The van der Waals surface area contributed by atoms with E-state index in [-0.39, 0.29) is 5.56 Å². The molecule has 0 saturated carbocycles. The quantitative estimate of drug-likeness (QED) is 0.631. The molecule has 0 aromatic heterocycles. The summed E-state index contributed by atoms with van der Waals surface area (Å²) in [4.78, 5) is 35.6. The molecule has 0 aliphatic rings. The number of carbonyl (C=O) groups is 3. The smallest absolute Gasteiger partial charge is 0.416 e. The van der Waals surface area contributed by atoms with Crippen LogP contribution in [-0.2, 0) is 15.7 Å². The van der Waals surface area contributed by atoms with Crippen LogP contribution in [0, 0.1) is 0 Å². The van der Waals surface area contributed by atoms with Gasteiger partial charge < -0.3 is 4.74 Å². The van der Waals surface area contributed by atoms with Crippen molar-refractivity contribution in [2.75, 3.05) is 0 Å². The van der Waals surface area contributed by atoms with Crippen LogP contribution >= 0.6 is 0 Å². The number of hydrogen-bond donors (Lipinski definition) is 2. The Morgan fingerprint density at radius 1 is 0.889 bits per heavy atom. The van der Waals surface area contributed by atoms with Crippen LogP contribution in [0.5, 0.6) is 0 Å². The molecule has 0 saturated heterocycles. The summed E-state index contributed by atoms with van der Waals surface area (Å²) in [6, 6.07) is 11.5. The molecule has 9 heteroatoms. The second kappa shape index (κ2) is 8.35. The monoisotopic (exact) mass is 380 g/mol. The number of rotatable bonds is 4. The summed E-state index contributed by atoms with van der Waals surface area (Å²) >= 11 is 0. The number of benzene rings is 2. The van der Waals surface area contributed by atoms with Crippen molar-refractivity contribution in [3.05, 3.63) is 71.3 Å². The number of hydrogen-bond acceptors (Lipinski definition) is 4. The Bertz CT molecular complexity index is 821. The molecular weight excluding hydrogens is 365 g/mol. The van der Waals surface area contributed by atoms with Crippen molar-refractivity contribution in [1.29, 1.82) is 0 Å². The summed E-state index contributed by atoms with van der Waals surface area (Å²) in [6.45, 7) is 1.26. The maximum absolute atomic E-state index is 12.5. The van der Waals surface area contributed by atoms with Crippen LogP contribution in [0.4, 0.5) is 13.2 Å². The highest BCUT2D eigenvalue weighted by molar-refractivity contribution is 5.96. The molecule has 27 heavy (non-hydrogen) atoms. The molecule has 0 aliphatic carbocycles. The molecule has 2 amide bonds. The number of esters is 1. The van der Waals surface area contributed by atoms with Crippen LogP contribution in [0.2, 0.25) is 0 Å². The highest BCUT2D eigenvalue weighted by Crippen LogP contribution is 2.29. The highest BCUT2D eigenvalue weighted by Gasteiger charge is 2.30. The first kappa shape index (κ1) is 20.0. The molecule has 0 bridgehead atoms. The number of halogens is 3. The Morgan fingerprint density at radius 3 is 2.04 bits per heavy atom. The van der Waals surface area contributed by atoms with Crippen LogP contribution < -0.4 is 10.9 Å². The van der Waals surface area contributed by atoms with Crippen LogP contribution in [0.25, 0.3) is 0 Å². The van der Waals surface area contributed by atoms with Crippen molar-refractivity contribution in [3.8, 4) is 0 Å². The lowest BCUT2D eigenvalue weighted by atomic mass is 10.1. The Morgan fingerprint density at radius 2 is 1.48 bits per heavy atom. The second-order valence-electron chi connectivity index (χ2n) is 5.43. The minimum Gasteiger partial charge on any atom is -0.449 e. The molecular formula is C18H15F3N2O4. The molecule has 6 nitrogen and oxygen atoms in total. The molecule has 0 fully saturated rings. The third-order valence-corrected chi connectivity index (χ3v) is 3.44. The summed E-state index contributed by atoms with van der Waals surface area (Å²) in [6.07, 6.45) is -5.80. The third-order valence-electron chi connectivity index (χ3n) is 3.44. The lowest BCUT2D eigenvalue weighted by Gasteiger charge is -2.14. The van der Waals surface area contributed by atoms with Crippen molar-refractivity contribution in [2.45, 2.75) is 19.2 Å². The van der Waals surface area contributed by atoms with Crippen LogP contribution in [-0.4, -0.2) is 23.9 Å². The van der Waals surface area contributed by atoms with Gasteiger partial charge in [-0.1, -0.05) is 18.2 Å². The molecule has 2 aromatic rings. The second-order valence-corrected chi connectivity index (χ2v) is 5.43. The summed E-state index contributed by atoms with van der Waals surface area (Å²) < 4.78 is 42.4. The standard InChI is InChI=1S/C18H15F3N2O4/c1-11(15(24)22-23-16(25)12-5-3-2-4-6-12)27-17(26)13-7-9-14(10-8-13)18(19,20)21/h2-11H,1H3,(H,22,24)(H,23,25)/t11-/m1/s1. The van der Waals surface area contributed by atoms with Gasteiger partial charge in [0.05, 0.1) is 11.1 Å². The van der Waals surface area contributed by atoms with E-state index in [0.717, 1.165) is 24.3 Å². The Hall–Kier alpha value is -3.36. The van der Waals surface area contributed by atoms with Gasteiger partial charge in [-0.15, -0.1) is 0 Å². The van der Waals surface area contributed by atoms with E-state index < -0.39 is 35.6 Å². The summed E-state index contributed by atoms with van der Waals surface area (Å²) in [5.41, 5.74) is 3.52. The lowest BCUT2D eigenvalue weighted by Crippen LogP contribution is -2.46. The third kappa shape index (κ3) is 5.56. The van der Waals surface area contributed by atoms with Gasteiger partial charge in [0.15, 0.2) is 6.10 Å². The van der Waals surface area contributed by atoms with Gasteiger partial charge in [0.1, 0.15) is 0 Å². The molecule has 0 unspecified atom stereocenters. The van der Waals surface area contributed by atoms with Crippen LogP contribution in [0.1, 0.15) is 33.2 Å². The molecule has 2 N–H and O–H groups in total. The van der Waals surface area contributed by atoms with E-state index in [9.17, 15) is 27.6 Å². The normalized spacial score (nSPS) is 12.0. The van der Waals surface area contributed by atoms with E-state index in [4.69, 9.17) is 4.74 Å². The molecule has 2 rings (SSSR count). The van der Waals surface area contributed by atoms with Gasteiger partial charge in [-0.05, 0) is 43.3 Å². The van der Waals surface area contributed by atoms with E-state index in [1.807, 2.05) is 0 Å². The Labute approximate surface area is 152 Å². The lowest BCUT2D eigenvalue weighted by molar-refractivity contribution is -0.137. The number of alkyl halides is 3. The zero-order chi connectivity index (χ0) is 20.0. The number of amides is 2. The van der Waals surface area contributed by atoms with Gasteiger partial charge in [-0.3, -0.25) is 20.4 Å². The van der Waals surface area contributed by atoms with Crippen molar-refractivity contribution in [2.24, 2.45) is 0 Å². The zero-order valence-corrected chi connectivity index (χ0v) is 14.0. The summed E-state index contributed by atoms with van der Waals surface area (Å²) in [5.74, 6) is -2.34. The predicted molar refractivity (Wildman–Crippen MR) is 88.4 cm³/mol. The largest absolute Gasteiger partial charge is 0.449 e. The first-order valence-corrected chi connectivity index (χ1v) is 7.72. The molecule has 0 spiro atoms. The summed E-state index contributed by atoms with van der Waals surface area (Å²) in [7, 11) is 0. The predicted octanol–water partition coefficient (Wildman–Crippen LogP) is 2.71. The average Bonchev–Trinajstić information content (AvgIpc) is 2.65. The highest BCUT2D eigenvalue weighted by atomic mass is 19.4. The van der Waals surface area contributed by atoms with Crippen LogP contribution in [0.3, 0.4) is 0 Å². The Kier molecular flexibility index (Phi) is 6.17. The van der Waals surface area contributed by atoms with E-state index in [1.165, 1.54) is 19.1 Å². The molecule has 2 aromatic carbocycles. The maximum atomic E-state index is 12.5. The topological polar surface area (TPSA) is 84.5 Å². The number of hydrazine groups is 1. The van der Waals surface area contributed by atoms with Gasteiger partial charge in [-0.2, -0.15) is 13.2 Å². The van der Waals surface area contributed by atoms with Crippen LogP contribution in [0.15, 0.2) is 54.6 Å². The maximum Gasteiger partial charge on any atom is 0.416 e. The fraction of sp³-hybridized carbons (Fsp3) is 0.167. The van der Waals surface area contributed by atoms with E-state index in [0.29, 0.717) is 5.56 Å². The van der Waals surface area contributed by atoms with E-state index in [1.54, 1.807) is 18.2 Å². The number of ether oxygens (including phenoxy) is 1. The van der Waals surface area contributed by atoms with Crippen molar-refractivity contribution >= 4 is 17.8 Å². The van der Waals surface area contributed by atoms with Gasteiger partial charge >= 0.3 is 12.1 Å². The number of nitrogens with one attached hydrogen (secondary N) is 2. The average molecular weight is 380 g/mol. The van der Waals surface area contributed by atoms with Gasteiger partial charge in [0, 0.05) is 5.56 Å². The van der Waals surface area contributed by atoms with Gasteiger partial charge in [0.25, 0.3) is 11.8 Å². The Balaban J connectivity index is 1.88. The minimum atomic E-state index is -4.52. The molecule has 1 atom stereocenters. The fourth-order valence-corrected chi connectivity index (χ4v) is 1.96. The van der Waals surface area contributed by atoms with E-state index in [2.05, 4.69) is 10.9 Å². The molecule has 0 aliphatic heterocycles. The van der Waals surface area contributed by atoms with E-state index >= 15 is 0 Å². The summed E-state index contributed by atoms with van der Waals surface area (Å²) in [5, 5.41) is 0. The molecule has 142 valence electrons. The van der Waals surface area contributed by atoms with Crippen molar-refractivity contribution in [1.82, 2.24) is 10.9 Å². The SMILES string of the molecule is C[C@@H](OC(=O)c1ccc(C(F)(F)F)cc1)C(=O)NNC(=O)c1ccccc1. The van der Waals surface area contributed by atoms with Gasteiger partial charge in [0.2, 0.25) is 0 Å². The van der Waals surface area contributed by atoms with Crippen molar-refractivity contribution < 1.29 is 32.3 Å². The zero-order valence-electron chi connectivity index (χ0n) is 14.0. The fourth-order valence-electron chi connectivity index (χ4n) is 1.96.